The lowest BCUT2D eigenvalue weighted by Gasteiger charge is -2.06. The standard InChI is InChI=1S/C10H14O4.C2H8N2/c11-5-7-13-9-1-2-10(4-3-9)14-8-6-12;3-1-2-4/h1-4,11-12H,5-8H2;1-4H2. The molecule has 6 nitrogen and oxygen atoms in total. The second-order valence-electron chi connectivity index (χ2n) is 3.19. The van der Waals surface area contributed by atoms with Crippen LogP contribution in [0.4, 0.5) is 0 Å². The van der Waals surface area contributed by atoms with E-state index in [0.29, 0.717) is 24.6 Å². The third-order valence-corrected chi connectivity index (χ3v) is 1.71. The first-order valence-electron chi connectivity index (χ1n) is 5.76. The molecule has 0 saturated heterocycles. The Bertz CT molecular complexity index is 251. The zero-order valence-corrected chi connectivity index (χ0v) is 10.4. The Morgan fingerprint density at radius 1 is 0.778 bits per heavy atom. The van der Waals surface area contributed by atoms with Gasteiger partial charge < -0.3 is 31.2 Å². The van der Waals surface area contributed by atoms with E-state index in [2.05, 4.69) is 0 Å². The smallest absolute Gasteiger partial charge is 0.119 e. The van der Waals surface area contributed by atoms with Gasteiger partial charge in [-0.15, -0.1) is 0 Å². The van der Waals surface area contributed by atoms with Crippen molar-refractivity contribution in [3.8, 4) is 11.5 Å². The molecule has 18 heavy (non-hydrogen) atoms. The molecule has 0 aliphatic heterocycles. The maximum absolute atomic E-state index is 8.52. The molecule has 0 aromatic heterocycles. The van der Waals surface area contributed by atoms with Crippen molar-refractivity contribution in [1.82, 2.24) is 0 Å². The van der Waals surface area contributed by atoms with E-state index in [9.17, 15) is 0 Å². The van der Waals surface area contributed by atoms with Crippen LogP contribution in [-0.2, 0) is 0 Å². The summed E-state index contributed by atoms with van der Waals surface area (Å²) in [5.74, 6) is 1.38. The molecule has 0 unspecified atom stereocenters. The number of hydrogen-bond acceptors (Lipinski definition) is 6. The van der Waals surface area contributed by atoms with Crippen molar-refractivity contribution in [2.45, 2.75) is 0 Å². The quantitative estimate of drug-likeness (QED) is 0.516. The second kappa shape index (κ2) is 12.1. The number of benzene rings is 1. The molecule has 0 radical (unpaired) electrons. The van der Waals surface area contributed by atoms with E-state index in [4.69, 9.17) is 31.2 Å². The number of nitrogens with two attached hydrogens (primary N) is 2. The van der Waals surface area contributed by atoms with E-state index in [1.807, 2.05) is 0 Å². The van der Waals surface area contributed by atoms with E-state index in [1.165, 1.54) is 0 Å². The van der Waals surface area contributed by atoms with Gasteiger partial charge in [-0.2, -0.15) is 0 Å². The number of hydrogen-bond donors (Lipinski definition) is 4. The minimum absolute atomic E-state index is 0.00274. The molecule has 0 aliphatic rings. The molecular formula is C12H22N2O4. The predicted molar refractivity (Wildman–Crippen MR) is 69.7 cm³/mol. The van der Waals surface area contributed by atoms with E-state index >= 15 is 0 Å². The number of aliphatic hydroxyl groups excluding tert-OH is 2. The molecule has 0 fully saturated rings. The van der Waals surface area contributed by atoms with Crippen LogP contribution in [0.5, 0.6) is 11.5 Å². The van der Waals surface area contributed by atoms with Crippen LogP contribution in [0.25, 0.3) is 0 Å². The van der Waals surface area contributed by atoms with Gasteiger partial charge in [0.2, 0.25) is 0 Å². The molecule has 1 aromatic carbocycles. The van der Waals surface area contributed by atoms with Gasteiger partial charge in [-0.1, -0.05) is 0 Å². The molecule has 0 spiro atoms. The lowest BCUT2D eigenvalue weighted by Crippen LogP contribution is -2.11. The van der Waals surface area contributed by atoms with Crippen LogP contribution in [0.2, 0.25) is 0 Å². The lowest BCUT2D eigenvalue weighted by atomic mass is 10.3. The van der Waals surface area contributed by atoms with Crippen LogP contribution >= 0.6 is 0 Å². The first-order valence-corrected chi connectivity index (χ1v) is 5.76. The summed E-state index contributed by atoms with van der Waals surface area (Å²) >= 11 is 0. The highest BCUT2D eigenvalue weighted by Gasteiger charge is 1.95. The van der Waals surface area contributed by atoms with Crippen LogP contribution < -0.4 is 20.9 Å². The SMILES string of the molecule is NCCN.OCCOc1ccc(OCCO)cc1. The van der Waals surface area contributed by atoms with E-state index in [0.717, 1.165) is 0 Å². The van der Waals surface area contributed by atoms with Crippen molar-refractivity contribution in [3.05, 3.63) is 24.3 Å². The average Bonchev–Trinajstić information content (AvgIpc) is 2.44. The van der Waals surface area contributed by atoms with Crippen molar-refractivity contribution in [2.24, 2.45) is 11.5 Å². The van der Waals surface area contributed by atoms with Crippen molar-refractivity contribution in [1.29, 1.82) is 0 Å². The highest BCUT2D eigenvalue weighted by atomic mass is 16.5. The van der Waals surface area contributed by atoms with Crippen molar-refractivity contribution >= 4 is 0 Å². The van der Waals surface area contributed by atoms with Crippen LogP contribution in [0, 0.1) is 0 Å². The van der Waals surface area contributed by atoms with E-state index in [1.54, 1.807) is 24.3 Å². The molecule has 0 heterocycles. The van der Waals surface area contributed by atoms with Gasteiger partial charge in [0, 0.05) is 13.1 Å². The van der Waals surface area contributed by atoms with E-state index in [-0.39, 0.29) is 26.4 Å². The van der Waals surface area contributed by atoms with Crippen LogP contribution in [0.15, 0.2) is 24.3 Å². The first kappa shape index (κ1) is 16.7. The molecule has 0 atom stereocenters. The molecule has 0 bridgehead atoms. The van der Waals surface area contributed by atoms with Gasteiger partial charge in [-0.05, 0) is 24.3 Å². The molecule has 104 valence electrons. The summed E-state index contributed by atoms with van der Waals surface area (Å²) in [6, 6.07) is 7.01. The lowest BCUT2D eigenvalue weighted by molar-refractivity contribution is 0.198. The molecule has 6 heteroatoms. The molecular weight excluding hydrogens is 236 g/mol. The minimum Gasteiger partial charge on any atom is -0.491 e. The number of aliphatic hydroxyl groups is 2. The predicted octanol–water partition coefficient (Wildman–Crippen LogP) is -0.667. The maximum Gasteiger partial charge on any atom is 0.119 e. The summed E-state index contributed by atoms with van der Waals surface area (Å²) in [5, 5.41) is 17.0. The summed E-state index contributed by atoms with van der Waals surface area (Å²) in [4.78, 5) is 0. The Kier molecular flexibility index (Phi) is 11.2. The minimum atomic E-state index is 0.00274. The number of ether oxygens (including phenoxy) is 2. The fourth-order valence-electron chi connectivity index (χ4n) is 0.959. The maximum atomic E-state index is 8.52. The van der Waals surface area contributed by atoms with Gasteiger partial charge in [0.1, 0.15) is 24.7 Å². The van der Waals surface area contributed by atoms with E-state index < -0.39 is 0 Å². The molecule has 1 rings (SSSR count). The topological polar surface area (TPSA) is 111 Å². The Labute approximate surface area is 107 Å². The van der Waals surface area contributed by atoms with Gasteiger partial charge in [-0.25, -0.2) is 0 Å². The molecule has 0 aliphatic carbocycles. The van der Waals surface area contributed by atoms with Gasteiger partial charge in [0.05, 0.1) is 13.2 Å². The third kappa shape index (κ3) is 8.77. The average molecular weight is 258 g/mol. The Morgan fingerprint density at radius 3 is 1.33 bits per heavy atom. The van der Waals surface area contributed by atoms with Gasteiger partial charge in [0.15, 0.2) is 0 Å². The summed E-state index contributed by atoms with van der Waals surface area (Å²) < 4.78 is 10.3. The highest BCUT2D eigenvalue weighted by molar-refractivity contribution is 5.31. The largest absolute Gasteiger partial charge is 0.491 e. The summed E-state index contributed by atoms with van der Waals surface area (Å²) in [7, 11) is 0. The van der Waals surface area contributed by atoms with Crippen molar-refractivity contribution in [2.75, 3.05) is 39.5 Å². The van der Waals surface area contributed by atoms with Gasteiger partial charge in [0.25, 0.3) is 0 Å². The Hall–Kier alpha value is -1.34. The zero-order chi connectivity index (χ0) is 13.6. The normalized spacial score (nSPS) is 9.33. The molecule has 1 aromatic rings. The van der Waals surface area contributed by atoms with Crippen molar-refractivity contribution in [3.63, 3.8) is 0 Å². The van der Waals surface area contributed by atoms with Gasteiger partial charge in [-0.3, -0.25) is 0 Å². The summed E-state index contributed by atoms with van der Waals surface area (Å²) in [6.45, 7) is 1.78. The monoisotopic (exact) mass is 258 g/mol. The van der Waals surface area contributed by atoms with Crippen LogP contribution in [0.1, 0.15) is 0 Å². The van der Waals surface area contributed by atoms with Crippen LogP contribution in [-0.4, -0.2) is 49.7 Å². The molecule has 0 amide bonds. The fourth-order valence-corrected chi connectivity index (χ4v) is 0.959. The molecule has 6 N–H and O–H groups in total. The molecule has 0 saturated carbocycles. The number of rotatable bonds is 7. The Morgan fingerprint density at radius 2 is 1.11 bits per heavy atom. The highest BCUT2D eigenvalue weighted by Crippen LogP contribution is 2.17. The van der Waals surface area contributed by atoms with Gasteiger partial charge >= 0.3 is 0 Å². The zero-order valence-electron chi connectivity index (χ0n) is 10.4. The fraction of sp³-hybridized carbons (Fsp3) is 0.500. The Balaban J connectivity index is 0.000000631. The summed E-state index contributed by atoms with van der Waals surface area (Å²) in [6.07, 6.45) is 0. The first-order chi connectivity index (χ1) is 8.78. The second-order valence-corrected chi connectivity index (χ2v) is 3.19. The summed E-state index contributed by atoms with van der Waals surface area (Å²) in [5.41, 5.74) is 9.81. The van der Waals surface area contributed by atoms with Crippen molar-refractivity contribution < 1.29 is 19.7 Å². The van der Waals surface area contributed by atoms with Crippen LogP contribution in [0.3, 0.4) is 0 Å². The third-order valence-electron chi connectivity index (χ3n) is 1.71.